The minimum absolute atomic E-state index is 0.0845. The molecule has 1 aliphatic heterocycles. The van der Waals surface area contributed by atoms with Crippen LogP contribution >= 0.6 is 0 Å². The first-order valence-electron chi connectivity index (χ1n) is 3.85. The lowest BCUT2D eigenvalue weighted by Gasteiger charge is -2.36. The number of imide groups is 1. The van der Waals surface area contributed by atoms with Gasteiger partial charge in [-0.2, -0.15) is 0 Å². The van der Waals surface area contributed by atoms with E-state index in [1.54, 1.807) is 0 Å². The second-order valence-electron chi connectivity index (χ2n) is 2.78. The molecule has 0 unspecified atom stereocenters. The maximum Gasteiger partial charge on any atom is 0.414 e. The number of likely N-dealkylation sites (N-methyl/N-ethyl adjacent to an activating group) is 1. The molecular formula is C7H10N2O5. The summed E-state index contributed by atoms with van der Waals surface area (Å²) in [5.74, 6) is -1.12. The highest BCUT2D eigenvalue weighted by atomic mass is 16.7. The van der Waals surface area contributed by atoms with Gasteiger partial charge in [0.2, 0.25) is 5.91 Å². The van der Waals surface area contributed by atoms with Crippen LogP contribution in [0.1, 0.15) is 6.42 Å². The van der Waals surface area contributed by atoms with Gasteiger partial charge in [0.05, 0.1) is 13.5 Å². The van der Waals surface area contributed by atoms with Crippen LogP contribution in [0.3, 0.4) is 0 Å². The van der Waals surface area contributed by atoms with Crippen LogP contribution in [0.25, 0.3) is 0 Å². The van der Waals surface area contributed by atoms with Gasteiger partial charge in [0.1, 0.15) is 6.04 Å². The highest BCUT2D eigenvalue weighted by Crippen LogP contribution is 2.20. The van der Waals surface area contributed by atoms with Gasteiger partial charge in [-0.25, -0.2) is 14.8 Å². The summed E-state index contributed by atoms with van der Waals surface area (Å²) in [5, 5.41) is 9.47. The molecule has 0 radical (unpaired) electrons. The summed E-state index contributed by atoms with van der Waals surface area (Å²) in [6, 6.07) is -0.940. The van der Waals surface area contributed by atoms with Gasteiger partial charge in [0, 0.05) is 7.05 Å². The Morgan fingerprint density at radius 2 is 2.21 bits per heavy atom. The summed E-state index contributed by atoms with van der Waals surface area (Å²) in [7, 11) is 2.63. The van der Waals surface area contributed by atoms with Gasteiger partial charge in [-0.15, -0.1) is 0 Å². The molecule has 0 bridgehead atoms. The Hall–Kier alpha value is -1.63. The maximum atomic E-state index is 11.4. The molecule has 1 atom stereocenters. The van der Waals surface area contributed by atoms with Crippen molar-refractivity contribution in [3.8, 4) is 0 Å². The van der Waals surface area contributed by atoms with Crippen LogP contribution < -0.4 is 0 Å². The number of hydrogen-bond donors (Lipinski definition) is 1. The second-order valence-corrected chi connectivity index (χ2v) is 2.78. The van der Waals surface area contributed by atoms with Crippen molar-refractivity contribution >= 4 is 17.9 Å². The van der Waals surface area contributed by atoms with E-state index in [1.807, 2.05) is 0 Å². The molecule has 7 nitrogen and oxygen atoms in total. The summed E-state index contributed by atoms with van der Waals surface area (Å²) in [4.78, 5) is 37.8. The molecule has 14 heavy (non-hydrogen) atoms. The van der Waals surface area contributed by atoms with E-state index in [0.29, 0.717) is 4.90 Å². The lowest BCUT2D eigenvalue weighted by molar-refractivity contribution is -0.181. The van der Waals surface area contributed by atoms with Crippen LogP contribution in [0.2, 0.25) is 0 Å². The zero-order chi connectivity index (χ0) is 10.9. The van der Waals surface area contributed by atoms with E-state index < -0.39 is 23.9 Å². The van der Waals surface area contributed by atoms with E-state index in [-0.39, 0.29) is 6.42 Å². The summed E-state index contributed by atoms with van der Waals surface area (Å²) in [6.45, 7) is 0. The molecule has 1 heterocycles. The Labute approximate surface area is 79.8 Å². The summed E-state index contributed by atoms with van der Waals surface area (Å²) in [6.07, 6.45) is -1.50. The quantitative estimate of drug-likeness (QED) is 0.472. The average molecular weight is 202 g/mol. The molecule has 0 aromatic rings. The highest BCUT2D eigenvalue weighted by Gasteiger charge is 2.46. The van der Waals surface area contributed by atoms with Crippen LogP contribution in [0, 0.1) is 0 Å². The molecule has 0 spiro atoms. The van der Waals surface area contributed by atoms with E-state index >= 15 is 0 Å². The largest absolute Gasteiger partial charge is 0.465 e. The first-order valence-corrected chi connectivity index (χ1v) is 3.85. The molecule has 0 aromatic heterocycles. The Morgan fingerprint density at radius 3 is 2.57 bits per heavy atom. The molecule has 78 valence electrons. The van der Waals surface area contributed by atoms with Gasteiger partial charge >= 0.3 is 6.09 Å². The van der Waals surface area contributed by atoms with Crippen molar-refractivity contribution in [2.75, 3.05) is 14.2 Å². The first kappa shape index (κ1) is 10.5. The molecule has 1 saturated heterocycles. The normalized spacial score (nSPS) is 20.3. The van der Waals surface area contributed by atoms with Crippen molar-refractivity contribution in [3.05, 3.63) is 0 Å². The van der Waals surface area contributed by atoms with Crippen LogP contribution in [0.5, 0.6) is 0 Å². The predicted molar refractivity (Wildman–Crippen MR) is 43.1 cm³/mol. The minimum Gasteiger partial charge on any atom is -0.465 e. The van der Waals surface area contributed by atoms with Gasteiger partial charge in [-0.05, 0) is 0 Å². The van der Waals surface area contributed by atoms with Crippen molar-refractivity contribution in [1.82, 2.24) is 9.96 Å². The number of carbonyl (C=O) groups excluding carboxylic acids is 2. The van der Waals surface area contributed by atoms with Crippen molar-refractivity contribution in [2.45, 2.75) is 12.5 Å². The van der Waals surface area contributed by atoms with Crippen LogP contribution in [-0.2, 0) is 14.4 Å². The number of hydrogen-bond acceptors (Lipinski definition) is 4. The van der Waals surface area contributed by atoms with E-state index in [0.717, 1.165) is 5.06 Å². The number of nitrogens with zero attached hydrogens (tertiary/aromatic N) is 2. The molecule has 0 saturated carbocycles. The van der Waals surface area contributed by atoms with Gasteiger partial charge in [-0.1, -0.05) is 0 Å². The average Bonchev–Trinajstić information content (AvgIpc) is 2.10. The third-order valence-corrected chi connectivity index (χ3v) is 2.02. The number of amides is 3. The Bertz CT molecular complexity index is 282. The van der Waals surface area contributed by atoms with Crippen molar-refractivity contribution in [1.29, 1.82) is 0 Å². The topological polar surface area (TPSA) is 87.2 Å². The number of rotatable bonds is 2. The van der Waals surface area contributed by atoms with Gasteiger partial charge in [-0.3, -0.25) is 14.4 Å². The lowest BCUT2D eigenvalue weighted by atomic mass is 10.0. The van der Waals surface area contributed by atoms with E-state index in [4.69, 9.17) is 5.11 Å². The Balaban J connectivity index is 2.67. The van der Waals surface area contributed by atoms with E-state index in [1.165, 1.54) is 14.2 Å². The molecule has 0 aromatic carbocycles. The van der Waals surface area contributed by atoms with Crippen LogP contribution in [0.15, 0.2) is 0 Å². The van der Waals surface area contributed by atoms with E-state index in [2.05, 4.69) is 4.84 Å². The SMILES string of the molecule is CON(C)C(=O)[C@@H]1CC(=O)N1C(=O)O. The number of β-lactam (4-membered cyclic amide) rings is 1. The van der Waals surface area contributed by atoms with Crippen LogP contribution in [-0.4, -0.2) is 53.2 Å². The van der Waals surface area contributed by atoms with Crippen molar-refractivity contribution < 1.29 is 24.3 Å². The molecule has 0 aliphatic carbocycles. The fraction of sp³-hybridized carbons (Fsp3) is 0.571. The minimum atomic E-state index is -1.41. The van der Waals surface area contributed by atoms with Crippen LogP contribution in [0.4, 0.5) is 4.79 Å². The molecule has 1 aliphatic rings. The number of likely N-dealkylation sites (tertiary alicyclic amines) is 1. The smallest absolute Gasteiger partial charge is 0.414 e. The zero-order valence-electron chi connectivity index (χ0n) is 7.76. The fourth-order valence-electron chi connectivity index (χ4n) is 1.15. The van der Waals surface area contributed by atoms with Gasteiger partial charge in [0.25, 0.3) is 5.91 Å². The monoisotopic (exact) mass is 202 g/mol. The van der Waals surface area contributed by atoms with E-state index in [9.17, 15) is 14.4 Å². The van der Waals surface area contributed by atoms with Crippen molar-refractivity contribution in [2.24, 2.45) is 0 Å². The zero-order valence-corrected chi connectivity index (χ0v) is 7.76. The fourth-order valence-corrected chi connectivity index (χ4v) is 1.15. The molecule has 7 heteroatoms. The summed E-state index contributed by atoms with van der Waals surface area (Å²) < 4.78 is 0. The Morgan fingerprint density at radius 1 is 1.64 bits per heavy atom. The Kier molecular flexibility index (Phi) is 2.70. The molecule has 1 fully saturated rings. The summed E-state index contributed by atoms with van der Waals surface area (Å²) >= 11 is 0. The van der Waals surface area contributed by atoms with Crippen molar-refractivity contribution in [3.63, 3.8) is 0 Å². The standard InChI is InChI=1S/C7H10N2O5/c1-8(14-2)6(11)4-3-5(10)9(4)7(12)13/h4H,3H2,1-2H3,(H,12,13)/t4-/m0/s1. The summed E-state index contributed by atoms with van der Waals surface area (Å²) in [5.41, 5.74) is 0. The maximum absolute atomic E-state index is 11.4. The number of carbonyl (C=O) groups is 3. The number of hydroxylamine groups is 2. The third kappa shape index (κ3) is 1.53. The predicted octanol–water partition coefficient (Wildman–Crippen LogP) is -0.715. The molecule has 1 rings (SSSR count). The molecular weight excluding hydrogens is 192 g/mol. The molecule has 3 amide bonds. The first-order chi connectivity index (χ1) is 6.49. The third-order valence-electron chi connectivity index (χ3n) is 2.02. The second kappa shape index (κ2) is 3.62. The van der Waals surface area contributed by atoms with Gasteiger partial charge < -0.3 is 5.11 Å². The highest BCUT2D eigenvalue weighted by molar-refractivity contribution is 6.05. The molecule has 1 N–H and O–H groups in total. The number of carboxylic acid groups (broad SMARTS) is 1. The lowest BCUT2D eigenvalue weighted by Crippen LogP contribution is -2.61. The van der Waals surface area contributed by atoms with Gasteiger partial charge in [0.15, 0.2) is 0 Å².